The van der Waals surface area contributed by atoms with Crippen LogP contribution in [0.25, 0.3) is 6.08 Å². The van der Waals surface area contributed by atoms with Crippen LogP contribution in [0.5, 0.6) is 0 Å². The zero-order valence-corrected chi connectivity index (χ0v) is 14.6. The molecule has 0 unspecified atom stereocenters. The zero-order valence-electron chi connectivity index (χ0n) is 14.6. The molecule has 1 saturated heterocycles. The first-order valence-electron chi connectivity index (χ1n) is 8.85. The molecule has 1 aliphatic rings. The van der Waals surface area contributed by atoms with Crippen LogP contribution in [0.1, 0.15) is 18.4 Å². The maximum Gasteiger partial charge on any atom is 0.321 e. The van der Waals surface area contributed by atoms with Crippen LogP contribution in [0.15, 0.2) is 66.7 Å². The molecule has 26 heavy (non-hydrogen) atoms. The van der Waals surface area contributed by atoms with Gasteiger partial charge in [-0.3, -0.25) is 4.79 Å². The Labute approximate surface area is 153 Å². The van der Waals surface area contributed by atoms with Crippen molar-refractivity contribution in [1.29, 1.82) is 0 Å². The molecule has 134 valence electrons. The number of anilines is 1. The van der Waals surface area contributed by atoms with E-state index in [0.717, 1.165) is 24.1 Å². The number of carbonyl (C=O) groups is 2. The van der Waals surface area contributed by atoms with Crippen molar-refractivity contribution in [3.05, 3.63) is 72.3 Å². The van der Waals surface area contributed by atoms with Gasteiger partial charge in [0.2, 0.25) is 5.91 Å². The van der Waals surface area contributed by atoms with Crippen LogP contribution in [0.4, 0.5) is 10.5 Å². The number of nitrogens with zero attached hydrogens (tertiary/aromatic N) is 1. The summed E-state index contributed by atoms with van der Waals surface area (Å²) in [5.74, 6) is -0.0963. The highest BCUT2D eigenvalue weighted by molar-refractivity contribution is 5.92. The minimum Gasteiger partial charge on any atom is -0.350 e. The summed E-state index contributed by atoms with van der Waals surface area (Å²) in [6.45, 7) is 1.26. The van der Waals surface area contributed by atoms with Gasteiger partial charge in [-0.15, -0.1) is 0 Å². The highest BCUT2D eigenvalue weighted by Gasteiger charge is 2.23. The Hall–Kier alpha value is -3.08. The van der Waals surface area contributed by atoms with Crippen molar-refractivity contribution in [2.24, 2.45) is 0 Å². The fraction of sp³-hybridized carbons (Fsp3) is 0.238. The van der Waals surface area contributed by atoms with Gasteiger partial charge < -0.3 is 15.5 Å². The normalized spacial score (nSPS) is 15.0. The number of likely N-dealkylation sites (tertiary alicyclic amines) is 1. The summed E-state index contributed by atoms with van der Waals surface area (Å²) >= 11 is 0. The van der Waals surface area contributed by atoms with E-state index in [1.807, 2.05) is 60.7 Å². The fourth-order valence-electron chi connectivity index (χ4n) is 2.94. The number of rotatable bonds is 4. The number of para-hydroxylation sites is 1. The molecule has 0 aromatic heterocycles. The van der Waals surface area contributed by atoms with Crippen LogP contribution in [0.2, 0.25) is 0 Å². The molecule has 0 radical (unpaired) electrons. The van der Waals surface area contributed by atoms with Gasteiger partial charge in [0.1, 0.15) is 0 Å². The molecule has 0 atom stereocenters. The molecule has 1 heterocycles. The van der Waals surface area contributed by atoms with E-state index in [1.165, 1.54) is 0 Å². The Bertz CT molecular complexity index is 751. The van der Waals surface area contributed by atoms with Gasteiger partial charge in [0.25, 0.3) is 0 Å². The molecular weight excluding hydrogens is 326 g/mol. The Morgan fingerprint density at radius 2 is 1.54 bits per heavy atom. The summed E-state index contributed by atoms with van der Waals surface area (Å²) in [7, 11) is 0. The van der Waals surface area contributed by atoms with Crippen LogP contribution < -0.4 is 10.6 Å². The minimum absolute atomic E-state index is 0.0926. The largest absolute Gasteiger partial charge is 0.350 e. The van der Waals surface area contributed by atoms with Gasteiger partial charge in [-0.05, 0) is 36.6 Å². The smallest absolute Gasteiger partial charge is 0.321 e. The van der Waals surface area contributed by atoms with Gasteiger partial charge in [0, 0.05) is 30.9 Å². The highest BCUT2D eigenvalue weighted by Crippen LogP contribution is 2.13. The first-order valence-corrected chi connectivity index (χ1v) is 8.85. The average Bonchev–Trinajstić information content (AvgIpc) is 2.68. The van der Waals surface area contributed by atoms with Crippen molar-refractivity contribution in [3.8, 4) is 0 Å². The summed E-state index contributed by atoms with van der Waals surface area (Å²) < 4.78 is 0. The van der Waals surface area contributed by atoms with Crippen molar-refractivity contribution in [2.75, 3.05) is 18.4 Å². The second-order valence-corrected chi connectivity index (χ2v) is 6.31. The van der Waals surface area contributed by atoms with Crippen LogP contribution in [-0.4, -0.2) is 36.0 Å². The predicted octanol–water partition coefficient (Wildman–Crippen LogP) is 3.51. The zero-order chi connectivity index (χ0) is 18.2. The van der Waals surface area contributed by atoms with E-state index in [2.05, 4.69) is 10.6 Å². The summed E-state index contributed by atoms with van der Waals surface area (Å²) in [5.41, 5.74) is 1.79. The number of amides is 3. The molecule has 3 amide bonds. The predicted molar refractivity (Wildman–Crippen MR) is 104 cm³/mol. The first kappa shape index (κ1) is 17.7. The lowest BCUT2D eigenvalue weighted by Gasteiger charge is -2.32. The number of nitrogens with one attached hydrogen (secondary N) is 2. The van der Waals surface area contributed by atoms with Crippen LogP contribution >= 0.6 is 0 Å². The lowest BCUT2D eigenvalue weighted by molar-refractivity contribution is -0.117. The topological polar surface area (TPSA) is 61.4 Å². The van der Waals surface area contributed by atoms with Crippen LogP contribution in [0, 0.1) is 0 Å². The van der Waals surface area contributed by atoms with Crippen LogP contribution in [-0.2, 0) is 4.79 Å². The Kier molecular flexibility index (Phi) is 6.04. The van der Waals surface area contributed by atoms with Crippen molar-refractivity contribution >= 4 is 23.7 Å². The molecule has 2 N–H and O–H groups in total. The molecule has 3 rings (SSSR count). The van der Waals surface area contributed by atoms with Gasteiger partial charge >= 0.3 is 6.03 Å². The SMILES string of the molecule is O=C(C=Cc1ccccc1)NC1CCN(C(=O)Nc2ccccc2)CC1. The molecular formula is C21H23N3O2. The summed E-state index contributed by atoms with van der Waals surface area (Å²) in [5, 5.41) is 5.91. The summed E-state index contributed by atoms with van der Waals surface area (Å²) in [6.07, 6.45) is 4.88. The maximum atomic E-state index is 12.3. The molecule has 0 bridgehead atoms. The van der Waals surface area contributed by atoms with Crippen molar-refractivity contribution in [3.63, 3.8) is 0 Å². The van der Waals surface area contributed by atoms with Gasteiger partial charge in [-0.1, -0.05) is 48.5 Å². The van der Waals surface area contributed by atoms with Gasteiger partial charge in [-0.25, -0.2) is 4.79 Å². The van der Waals surface area contributed by atoms with Gasteiger partial charge in [0.15, 0.2) is 0 Å². The molecule has 0 saturated carbocycles. The minimum atomic E-state index is -0.0963. The number of hydrogen-bond donors (Lipinski definition) is 2. The number of hydrogen-bond acceptors (Lipinski definition) is 2. The van der Waals surface area contributed by atoms with Crippen molar-refractivity contribution < 1.29 is 9.59 Å². The fourth-order valence-corrected chi connectivity index (χ4v) is 2.94. The van der Waals surface area contributed by atoms with E-state index >= 15 is 0 Å². The van der Waals surface area contributed by atoms with Crippen molar-refractivity contribution in [2.45, 2.75) is 18.9 Å². The van der Waals surface area contributed by atoms with E-state index in [9.17, 15) is 9.59 Å². The lowest BCUT2D eigenvalue weighted by atomic mass is 10.1. The third-order valence-corrected chi connectivity index (χ3v) is 4.38. The standard InChI is InChI=1S/C21H23N3O2/c25-20(12-11-17-7-3-1-4-8-17)22-19-13-15-24(16-14-19)21(26)23-18-9-5-2-6-10-18/h1-12,19H,13-16H2,(H,22,25)(H,23,26). The molecule has 0 aliphatic carbocycles. The number of benzene rings is 2. The summed E-state index contributed by atoms with van der Waals surface area (Å²) in [4.78, 5) is 26.1. The maximum absolute atomic E-state index is 12.3. The van der Waals surface area contributed by atoms with Gasteiger partial charge in [0.05, 0.1) is 0 Å². The molecule has 5 heteroatoms. The average molecular weight is 349 g/mol. The van der Waals surface area contributed by atoms with E-state index in [0.29, 0.717) is 13.1 Å². The second kappa shape index (κ2) is 8.85. The number of urea groups is 1. The van der Waals surface area contributed by atoms with E-state index < -0.39 is 0 Å². The second-order valence-electron chi connectivity index (χ2n) is 6.31. The van der Waals surface area contributed by atoms with E-state index in [1.54, 1.807) is 17.1 Å². The monoisotopic (exact) mass is 349 g/mol. The van der Waals surface area contributed by atoms with Crippen LogP contribution in [0.3, 0.4) is 0 Å². The number of piperidine rings is 1. The number of carbonyl (C=O) groups excluding carboxylic acids is 2. The Balaban J connectivity index is 1.42. The highest BCUT2D eigenvalue weighted by atomic mass is 16.2. The molecule has 2 aromatic rings. The first-order chi connectivity index (χ1) is 12.7. The quantitative estimate of drug-likeness (QED) is 0.830. The Morgan fingerprint density at radius 3 is 2.19 bits per heavy atom. The third kappa shape index (κ3) is 5.21. The molecule has 2 aromatic carbocycles. The summed E-state index contributed by atoms with van der Waals surface area (Å²) in [6, 6.07) is 19.2. The molecule has 0 spiro atoms. The molecule has 5 nitrogen and oxygen atoms in total. The molecule has 1 aliphatic heterocycles. The lowest BCUT2D eigenvalue weighted by Crippen LogP contribution is -2.47. The molecule has 1 fully saturated rings. The third-order valence-electron chi connectivity index (χ3n) is 4.38. The van der Waals surface area contributed by atoms with E-state index in [-0.39, 0.29) is 18.0 Å². The van der Waals surface area contributed by atoms with Crippen molar-refractivity contribution in [1.82, 2.24) is 10.2 Å². The van der Waals surface area contributed by atoms with E-state index in [4.69, 9.17) is 0 Å². The Morgan fingerprint density at radius 1 is 0.923 bits per heavy atom. The van der Waals surface area contributed by atoms with Gasteiger partial charge in [-0.2, -0.15) is 0 Å².